The summed E-state index contributed by atoms with van der Waals surface area (Å²) < 4.78 is 0. The van der Waals surface area contributed by atoms with Crippen molar-refractivity contribution < 1.29 is 0 Å². The summed E-state index contributed by atoms with van der Waals surface area (Å²) in [6, 6.07) is 9.81. The van der Waals surface area contributed by atoms with E-state index < -0.39 is 0 Å². The van der Waals surface area contributed by atoms with Gasteiger partial charge in [-0.25, -0.2) is 0 Å². The Hall–Kier alpha value is -0.820. The third-order valence-corrected chi connectivity index (χ3v) is 4.67. The average Bonchev–Trinajstić information content (AvgIpc) is 2.37. The Kier molecular flexibility index (Phi) is 3.43. The van der Waals surface area contributed by atoms with E-state index >= 15 is 0 Å². The van der Waals surface area contributed by atoms with Crippen LogP contribution < -0.4 is 0 Å². The van der Waals surface area contributed by atoms with Crippen molar-refractivity contribution in [1.82, 2.24) is 4.90 Å². The molecule has 1 fully saturated rings. The summed E-state index contributed by atoms with van der Waals surface area (Å²) in [6.07, 6.45) is 5.45. The summed E-state index contributed by atoms with van der Waals surface area (Å²) >= 11 is 0. The van der Waals surface area contributed by atoms with Gasteiger partial charge in [0.1, 0.15) is 0 Å². The Labute approximate surface area is 111 Å². The highest BCUT2D eigenvalue weighted by Gasteiger charge is 2.32. The fraction of sp³-hybridized carbons (Fsp3) is 0.647. The second-order valence-corrected chi connectivity index (χ2v) is 6.53. The minimum atomic E-state index is 0.721. The van der Waals surface area contributed by atoms with E-state index in [2.05, 4.69) is 43.0 Å². The van der Waals surface area contributed by atoms with Crippen LogP contribution in [-0.2, 0) is 6.42 Å². The fourth-order valence-electron chi connectivity index (χ4n) is 3.94. The largest absolute Gasteiger partial charge is 0.296 e. The predicted molar refractivity (Wildman–Crippen MR) is 76.6 cm³/mol. The molecule has 1 heteroatoms. The van der Waals surface area contributed by atoms with Crippen molar-refractivity contribution in [2.24, 2.45) is 11.8 Å². The number of rotatable bonds is 2. The summed E-state index contributed by atoms with van der Waals surface area (Å²) in [5.41, 5.74) is 3.22. The molecule has 0 N–H and O–H groups in total. The Balaban J connectivity index is 1.74. The van der Waals surface area contributed by atoms with E-state index in [4.69, 9.17) is 0 Å². The Morgan fingerprint density at radius 1 is 1.22 bits per heavy atom. The monoisotopic (exact) mass is 243 g/mol. The molecule has 0 aromatic heterocycles. The average molecular weight is 243 g/mol. The minimum absolute atomic E-state index is 0.721. The normalized spacial score (nSPS) is 27.9. The zero-order valence-corrected chi connectivity index (χ0v) is 11.7. The molecule has 0 spiro atoms. The molecule has 1 aromatic rings. The van der Waals surface area contributed by atoms with Gasteiger partial charge < -0.3 is 0 Å². The zero-order valence-electron chi connectivity index (χ0n) is 11.7. The van der Waals surface area contributed by atoms with Crippen molar-refractivity contribution in [3.8, 4) is 0 Å². The van der Waals surface area contributed by atoms with Crippen LogP contribution in [0.5, 0.6) is 0 Å². The second kappa shape index (κ2) is 5.05. The highest BCUT2D eigenvalue weighted by atomic mass is 15.2. The van der Waals surface area contributed by atoms with Gasteiger partial charge in [0.25, 0.3) is 0 Å². The molecule has 0 saturated carbocycles. The predicted octanol–water partition coefficient (Wildman–Crippen LogP) is 4.04. The topological polar surface area (TPSA) is 3.24 Å². The lowest BCUT2D eigenvalue weighted by molar-refractivity contribution is 0.0897. The van der Waals surface area contributed by atoms with Crippen molar-refractivity contribution >= 4 is 0 Å². The van der Waals surface area contributed by atoms with Crippen LogP contribution in [0.4, 0.5) is 0 Å². The highest BCUT2D eigenvalue weighted by Crippen LogP contribution is 2.39. The summed E-state index contributed by atoms with van der Waals surface area (Å²) in [5.74, 6) is 1.79. The van der Waals surface area contributed by atoms with Crippen LogP contribution in [0.15, 0.2) is 24.3 Å². The maximum atomic E-state index is 2.75. The molecule has 2 aliphatic rings. The third kappa shape index (κ3) is 2.33. The highest BCUT2D eigenvalue weighted by molar-refractivity contribution is 5.32. The molecule has 98 valence electrons. The van der Waals surface area contributed by atoms with E-state index in [1.165, 1.54) is 38.8 Å². The van der Waals surface area contributed by atoms with Gasteiger partial charge >= 0.3 is 0 Å². The quantitative estimate of drug-likeness (QED) is 0.757. The van der Waals surface area contributed by atoms with E-state index in [1.54, 1.807) is 11.1 Å². The molecule has 2 atom stereocenters. The van der Waals surface area contributed by atoms with Gasteiger partial charge in [-0.2, -0.15) is 0 Å². The van der Waals surface area contributed by atoms with Crippen LogP contribution >= 0.6 is 0 Å². The maximum Gasteiger partial charge on any atom is 0.0351 e. The lowest BCUT2D eigenvalue weighted by Gasteiger charge is -2.44. The van der Waals surface area contributed by atoms with Crippen LogP contribution in [0.1, 0.15) is 50.3 Å². The first-order valence-electron chi connectivity index (χ1n) is 7.56. The van der Waals surface area contributed by atoms with Crippen molar-refractivity contribution in [3.63, 3.8) is 0 Å². The number of hydrogen-bond donors (Lipinski definition) is 0. The molecule has 1 saturated heterocycles. The van der Waals surface area contributed by atoms with Crippen molar-refractivity contribution in [2.75, 3.05) is 13.1 Å². The summed E-state index contributed by atoms with van der Waals surface area (Å²) in [5, 5.41) is 0. The van der Waals surface area contributed by atoms with Gasteiger partial charge in [0.15, 0.2) is 0 Å². The van der Waals surface area contributed by atoms with Gasteiger partial charge in [0.2, 0.25) is 0 Å². The molecule has 2 unspecified atom stereocenters. The molecule has 0 aliphatic carbocycles. The summed E-state index contributed by atoms with van der Waals surface area (Å²) in [4.78, 5) is 2.75. The van der Waals surface area contributed by atoms with E-state index in [0.717, 1.165) is 17.9 Å². The Morgan fingerprint density at radius 2 is 2.06 bits per heavy atom. The third-order valence-electron chi connectivity index (χ3n) is 4.67. The molecule has 0 radical (unpaired) electrons. The maximum absolute atomic E-state index is 2.75. The number of hydrogen-bond acceptors (Lipinski definition) is 1. The number of nitrogens with zero attached hydrogens (tertiary/aromatic N) is 1. The summed E-state index contributed by atoms with van der Waals surface area (Å²) in [7, 11) is 0. The molecule has 18 heavy (non-hydrogen) atoms. The van der Waals surface area contributed by atoms with Gasteiger partial charge in [-0.05, 0) is 48.6 Å². The molecule has 0 amide bonds. The molecule has 2 aliphatic heterocycles. The van der Waals surface area contributed by atoms with E-state index in [-0.39, 0.29) is 0 Å². The number of piperidine rings is 1. The lowest BCUT2D eigenvalue weighted by Crippen LogP contribution is -2.42. The van der Waals surface area contributed by atoms with Crippen molar-refractivity contribution in [3.05, 3.63) is 35.4 Å². The SMILES string of the molecule is CC(C)CC1CCC2c3ccccc3CCN2C1. The van der Waals surface area contributed by atoms with E-state index in [9.17, 15) is 0 Å². The van der Waals surface area contributed by atoms with Crippen molar-refractivity contribution in [2.45, 2.75) is 45.6 Å². The van der Waals surface area contributed by atoms with Gasteiger partial charge in [-0.15, -0.1) is 0 Å². The lowest BCUT2D eigenvalue weighted by atomic mass is 9.81. The Morgan fingerprint density at radius 3 is 2.89 bits per heavy atom. The van der Waals surface area contributed by atoms with Gasteiger partial charge in [-0.1, -0.05) is 38.1 Å². The van der Waals surface area contributed by atoms with Gasteiger partial charge in [0, 0.05) is 19.1 Å². The van der Waals surface area contributed by atoms with E-state index in [0.29, 0.717) is 0 Å². The molecule has 0 bridgehead atoms. The first-order chi connectivity index (χ1) is 8.74. The molecule has 3 rings (SSSR count). The van der Waals surface area contributed by atoms with Gasteiger partial charge in [0.05, 0.1) is 0 Å². The van der Waals surface area contributed by atoms with Crippen LogP contribution in [0.25, 0.3) is 0 Å². The fourth-order valence-corrected chi connectivity index (χ4v) is 3.94. The van der Waals surface area contributed by atoms with Crippen LogP contribution in [0, 0.1) is 11.8 Å². The molecule has 2 heterocycles. The van der Waals surface area contributed by atoms with Crippen molar-refractivity contribution in [1.29, 1.82) is 0 Å². The second-order valence-electron chi connectivity index (χ2n) is 6.53. The smallest absolute Gasteiger partial charge is 0.0351 e. The first kappa shape index (κ1) is 12.2. The number of fused-ring (bicyclic) bond motifs is 3. The number of benzene rings is 1. The zero-order chi connectivity index (χ0) is 12.5. The first-order valence-corrected chi connectivity index (χ1v) is 7.56. The van der Waals surface area contributed by atoms with E-state index in [1.807, 2.05) is 0 Å². The molecular weight excluding hydrogens is 218 g/mol. The van der Waals surface area contributed by atoms with Crippen LogP contribution in [-0.4, -0.2) is 18.0 Å². The standard InChI is InChI=1S/C17H25N/c1-13(2)11-14-7-8-17-16-6-4-3-5-15(16)9-10-18(17)12-14/h3-6,13-14,17H,7-12H2,1-2H3. The Bertz CT molecular complexity index is 410. The minimum Gasteiger partial charge on any atom is -0.296 e. The molecular formula is C17H25N. The van der Waals surface area contributed by atoms with Crippen LogP contribution in [0.3, 0.4) is 0 Å². The van der Waals surface area contributed by atoms with Gasteiger partial charge in [-0.3, -0.25) is 4.90 Å². The summed E-state index contributed by atoms with van der Waals surface area (Å²) in [6.45, 7) is 7.32. The van der Waals surface area contributed by atoms with Crippen LogP contribution in [0.2, 0.25) is 0 Å². The molecule has 1 nitrogen and oxygen atoms in total. The molecule has 1 aromatic carbocycles.